The number of piperidine rings is 1. The van der Waals surface area contributed by atoms with Gasteiger partial charge in [-0.1, -0.05) is 11.6 Å². The Morgan fingerprint density at radius 1 is 1.13 bits per heavy atom. The minimum Gasteiger partial charge on any atom is -0.496 e. The highest BCUT2D eigenvalue weighted by molar-refractivity contribution is 5.95. The van der Waals surface area contributed by atoms with Crippen LogP contribution < -0.4 is 4.74 Å². The number of carbonyl (C=O) groups excluding carboxylic acids is 1. The number of aromatic nitrogens is 1. The van der Waals surface area contributed by atoms with Crippen molar-refractivity contribution in [2.75, 3.05) is 20.2 Å². The molecule has 0 spiro atoms. The topological polar surface area (TPSA) is 42.4 Å². The summed E-state index contributed by atoms with van der Waals surface area (Å²) in [6.45, 7) is 3.74. The highest BCUT2D eigenvalue weighted by Gasteiger charge is 2.19. The Morgan fingerprint density at radius 3 is 2.65 bits per heavy atom. The number of nitrogens with zero attached hydrogens (tertiary/aromatic N) is 2. The first-order valence-electron chi connectivity index (χ1n) is 8.09. The quantitative estimate of drug-likeness (QED) is 0.868. The highest BCUT2D eigenvalue weighted by Crippen LogP contribution is 2.30. The smallest absolute Gasteiger partial charge is 0.253 e. The maximum absolute atomic E-state index is 12.7. The zero-order valence-electron chi connectivity index (χ0n) is 13.7. The van der Waals surface area contributed by atoms with Gasteiger partial charge < -0.3 is 9.64 Å². The number of aryl methyl sites for hydroxylation is 1. The molecule has 23 heavy (non-hydrogen) atoms. The Bertz CT molecular complexity index is 706. The molecule has 3 rings (SSSR count). The van der Waals surface area contributed by atoms with E-state index in [0.29, 0.717) is 5.56 Å². The monoisotopic (exact) mass is 310 g/mol. The molecule has 1 amide bonds. The molecule has 120 valence electrons. The maximum atomic E-state index is 12.7. The number of carbonyl (C=O) groups is 1. The van der Waals surface area contributed by atoms with Crippen molar-refractivity contribution in [2.45, 2.75) is 26.2 Å². The van der Waals surface area contributed by atoms with E-state index < -0.39 is 0 Å². The average molecular weight is 310 g/mol. The van der Waals surface area contributed by atoms with E-state index in [0.717, 1.165) is 48.5 Å². The zero-order valence-corrected chi connectivity index (χ0v) is 13.7. The summed E-state index contributed by atoms with van der Waals surface area (Å²) >= 11 is 0. The minimum atomic E-state index is 0.0972. The summed E-state index contributed by atoms with van der Waals surface area (Å²) in [5.74, 6) is 0.866. The number of amides is 1. The standard InChI is InChI=1S/C19H22N2O2/c1-14-6-7-18(23-2)16(12-14)17-13-15(8-9-20-17)19(22)21-10-4-3-5-11-21/h6-9,12-13H,3-5,10-11H2,1-2H3. The summed E-state index contributed by atoms with van der Waals surface area (Å²) in [5.41, 5.74) is 3.52. The van der Waals surface area contributed by atoms with E-state index in [9.17, 15) is 4.79 Å². The second-order valence-corrected chi connectivity index (χ2v) is 5.99. The molecule has 0 saturated carbocycles. The largest absolute Gasteiger partial charge is 0.496 e. The Kier molecular flexibility index (Phi) is 4.60. The molecule has 1 aromatic heterocycles. The zero-order chi connectivity index (χ0) is 16.2. The van der Waals surface area contributed by atoms with Crippen molar-refractivity contribution in [1.29, 1.82) is 0 Å². The van der Waals surface area contributed by atoms with Crippen molar-refractivity contribution in [2.24, 2.45) is 0 Å². The van der Waals surface area contributed by atoms with Crippen LogP contribution in [0, 0.1) is 6.92 Å². The number of hydrogen-bond acceptors (Lipinski definition) is 3. The molecule has 1 aliphatic rings. The lowest BCUT2D eigenvalue weighted by Gasteiger charge is -2.26. The molecule has 0 aliphatic carbocycles. The Labute approximate surface area is 137 Å². The van der Waals surface area contributed by atoms with E-state index in [4.69, 9.17) is 4.74 Å². The predicted molar refractivity (Wildman–Crippen MR) is 90.7 cm³/mol. The van der Waals surface area contributed by atoms with Crippen LogP contribution in [0.1, 0.15) is 35.2 Å². The van der Waals surface area contributed by atoms with Gasteiger partial charge in [0.25, 0.3) is 5.91 Å². The third-order valence-electron chi connectivity index (χ3n) is 4.28. The van der Waals surface area contributed by atoms with Crippen LogP contribution >= 0.6 is 0 Å². The van der Waals surface area contributed by atoms with E-state index in [1.54, 1.807) is 19.4 Å². The highest BCUT2D eigenvalue weighted by atomic mass is 16.5. The third-order valence-corrected chi connectivity index (χ3v) is 4.28. The van der Waals surface area contributed by atoms with Gasteiger partial charge in [-0.15, -0.1) is 0 Å². The Hall–Kier alpha value is -2.36. The minimum absolute atomic E-state index is 0.0972. The van der Waals surface area contributed by atoms with Gasteiger partial charge in [0.05, 0.1) is 12.8 Å². The van der Waals surface area contributed by atoms with E-state index >= 15 is 0 Å². The second kappa shape index (κ2) is 6.82. The molecule has 0 radical (unpaired) electrons. The number of methoxy groups -OCH3 is 1. The Balaban J connectivity index is 1.93. The van der Waals surface area contributed by atoms with E-state index in [-0.39, 0.29) is 5.91 Å². The third kappa shape index (κ3) is 3.36. The summed E-state index contributed by atoms with van der Waals surface area (Å²) in [6.07, 6.45) is 5.10. The SMILES string of the molecule is COc1ccc(C)cc1-c1cc(C(=O)N2CCCCC2)ccn1. The van der Waals surface area contributed by atoms with Crippen molar-refractivity contribution < 1.29 is 9.53 Å². The number of pyridine rings is 1. The molecule has 2 heterocycles. The van der Waals surface area contributed by atoms with Crippen LogP contribution in [0.2, 0.25) is 0 Å². The molecule has 4 heteroatoms. The van der Waals surface area contributed by atoms with Crippen LogP contribution in [-0.4, -0.2) is 36.0 Å². The van der Waals surface area contributed by atoms with Crippen molar-refractivity contribution in [1.82, 2.24) is 9.88 Å². The molecule has 0 N–H and O–H groups in total. The molecule has 1 aliphatic heterocycles. The molecule has 0 atom stereocenters. The van der Waals surface area contributed by atoms with Gasteiger partial charge in [0.15, 0.2) is 0 Å². The van der Waals surface area contributed by atoms with Gasteiger partial charge in [0.2, 0.25) is 0 Å². The average Bonchev–Trinajstić information content (AvgIpc) is 2.62. The number of likely N-dealkylation sites (tertiary alicyclic amines) is 1. The fourth-order valence-electron chi connectivity index (χ4n) is 3.01. The van der Waals surface area contributed by atoms with E-state index in [1.165, 1.54) is 6.42 Å². The molecule has 2 aromatic rings. The summed E-state index contributed by atoms with van der Waals surface area (Å²) < 4.78 is 5.44. The molecule has 1 aromatic carbocycles. The number of benzene rings is 1. The van der Waals surface area contributed by atoms with Gasteiger partial charge in [-0.2, -0.15) is 0 Å². The van der Waals surface area contributed by atoms with Gasteiger partial charge in [-0.25, -0.2) is 0 Å². The number of ether oxygens (including phenoxy) is 1. The van der Waals surface area contributed by atoms with Crippen molar-refractivity contribution >= 4 is 5.91 Å². The van der Waals surface area contributed by atoms with Crippen molar-refractivity contribution in [3.8, 4) is 17.0 Å². The number of rotatable bonds is 3. The van der Waals surface area contributed by atoms with E-state index in [1.807, 2.05) is 36.1 Å². The fraction of sp³-hybridized carbons (Fsp3) is 0.368. The van der Waals surface area contributed by atoms with Crippen LogP contribution in [-0.2, 0) is 0 Å². The first-order valence-corrected chi connectivity index (χ1v) is 8.09. The van der Waals surface area contributed by atoms with E-state index in [2.05, 4.69) is 4.98 Å². The molecule has 1 saturated heterocycles. The van der Waals surface area contributed by atoms with Gasteiger partial charge >= 0.3 is 0 Å². The predicted octanol–water partition coefficient (Wildman–Crippen LogP) is 3.69. The van der Waals surface area contributed by atoms with Crippen LogP contribution in [0.15, 0.2) is 36.5 Å². The molecule has 4 nitrogen and oxygen atoms in total. The van der Waals surface area contributed by atoms with Gasteiger partial charge in [0.1, 0.15) is 5.75 Å². The van der Waals surface area contributed by atoms with Crippen molar-refractivity contribution in [3.63, 3.8) is 0 Å². The summed E-state index contributed by atoms with van der Waals surface area (Å²) in [4.78, 5) is 19.0. The first-order chi connectivity index (χ1) is 11.2. The lowest BCUT2D eigenvalue weighted by molar-refractivity contribution is 0.0724. The normalized spacial score (nSPS) is 14.6. The molecule has 0 bridgehead atoms. The summed E-state index contributed by atoms with van der Waals surface area (Å²) in [5, 5.41) is 0. The lowest BCUT2D eigenvalue weighted by Crippen LogP contribution is -2.35. The summed E-state index contributed by atoms with van der Waals surface area (Å²) in [6, 6.07) is 9.64. The molecular weight excluding hydrogens is 288 g/mol. The number of hydrogen-bond donors (Lipinski definition) is 0. The summed E-state index contributed by atoms with van der Waals surface area (Å²) in [7, 11) is 1.65. The molecular formula is C19H22N2O2. The van der Waals surface area contributed by atoms with Crippen LogP contribution in [0.5, 0.6) is 5.75 Å². The van der Waals surface area contributed by atoms with Gasteiger partial charge in [-0.3, -0.25) is 9.78 Å². The van der Waals surface area contributed by atoms with Crippen molar-refractivity contribution in [3.05, 3.63) is 47.7 Å². The molecule has 1 fully saturated rings. The van der Waals surface area contributed by atoms with Gasteiger partial charge in [-0.05, 0) is 50.5 Å². The van der Waals surface area contributed by atoms with Crippen LogP contribution in [0.3, 0.4) is 0 Å². The fourth-order valence-corrected chi connectivity index (χ4v) is 3.01. The van der Waals surface area contributed by atoms with Crippen LogP contribution in [0.25, 0.3) is 11.3 Å². The van der Waals surface area contributed by atoms with Crippen LogP contribution in [0.4, 0.5) is 0 Å². The molecule has 0 unspecified atom stereocenters. The van der Waals surface area contributed by atoms with Gasteiger partial charge in [0, 0.05) is 30.4 Å². The maximum Gasteiger partial charge on any atom is 0.253 e. The lowest BCUT2D eigenvalue weighted by atomic mass is 10.0. The Morgan fingerprint density at radius 2 is 1.91 bits per heavy atom. The second-order valence-electron chi connectivity index (χ2n) is 5.99. The first kappa shape index (κ1) is 15.5.